The van der Waals surface area contributed by atoms with Gasteiger partial charge in [-0.15, -0.1) is 0 Å². The predicted molar refractivity (Wildman–Crippen MR) is 138 cm³/mol. The van der Waals surface area contributed by atoms with Gasteiger partial charge < -0.3 is 35.3 Å². The molecule has 0 aliphatic heterocycles. The first-order valence-corrected chi connectivity index (χ1v) is 10.7. The molecule has 168 valence electrons. The Bertz CT molecular complexity index is 1630. The summed E-state index contributed by atoms with van der Waals surface area (Å²) in [7, 11) is 0. The standard InChI is InChI=1S/C27H22N6.ClH/c28-17-5-7-21-23(22-8-6-18(29)11-25(22)32-24(21)10-17)14-33-26-12-19(30)3-1-15(26)9-16-2-4-20(31)13-27(16)33;/h1-13H,14H2,(H7,28,29,30,31,32);1H. The zero-order valence-corrected chi connectivity index (χ0v) is 19.1. The van der Waals surface area contributed by atoms with E-state index in [2.05, 4.69) is 22.8 Å². The van der Waals surface area contributed by atoms with E-state index >= 15 is 0 Å². The van der Waals surface area contributed by atoms with Crippen LogP contribution < -0.4 is 39.9 Å². The van der Waals surface area contributed by atoms with E-state index in [9.17, 15) is 0 Å². The van der Waals surface area contributed by atoms with Gasteiger partial charge in [-0.1, -0.05) is 12.1 Å². The largest absolute Gasteiger partial charge is 1.00 e. The van der Waals surface area contributed by atoms with E-state index in [1.54, 1.807) is 0 Å². The highest BCUT2D eigenvalue weighted by atomic mass is 35.5. The van der Waals surface area contributed by atoms with Crippen LogP contribution in [0.1, 0.15) is 5.56 Å². The number of pyridine rings is 2. The number of halogens is 1. The second-order valence-corrected chi connectivity index (χ2v) is 8.51. The lowest BCUT2D eigenvalue weighted by Crippen LogP contribution is -3.00. The number of nitrogens with two attached hydrogens (primary N) is 4. The van der Waals surface area contributed by atoms with E-state index in [1.807, 2.05) is 60.7 Å². The van der Waals surface area contributed by atoms with Crippen LogP contribution in [-0.2, 0) is 6.54 Å². The third kappa shape index (κ3) is 3.45. The van der Waals surface area contributed by atoms with Crippen LogP contribution in [0.15, 0.2) is 78.9 Å². The molecule has 4 aromatic carbocycles. The fraction of sp³-hybridized carbons (Fsp3) is 0.0370. The summed E-state index contributed by atoms with van der Waals surface area (Å²) in [5.74, 6) is 0. The molecule has 6 rings (SSSR count). The number of rotatable bonds is 2. The highest BCUT2D eigenvalue weighted by molar-refractivity contribution is 5.99. The van der Waals surface area contributed by atoms with Crippen LogP contribution in [0, 0.1) is 0 Å². The van der Waals surface area contributed by atoms with Crippen molar-refractivity contribution in [2.75, 3.05) is 22.9 Å². The molecule has 0 radical (unpaired) electrons. The van der Waals surface area contributed by atoms with E-state index in [4.69, 9.17) is 27.9 Å². The summed E-state index contributed by atoms with van der Waals surface area (Å²) in [4.78, 5) is 4.85. The number of anilines is 4. The van der Waals surface area contributed by atoms with Crippen LogP contribution in [0.2, 0.25) is 0 Å². The van der Waals surface area contributed by atoms with E-state index in [1.165, 1.54) is 0 Å². The maximum Gasteiger partial charge on any atom is 0.215 e. The molecule has 6 nitrogen and oxygen atoms in total. The maximum atomic E-state index is 6.20. The quantitative estimate of drug-likeness (QED) is 0.174. The van der Waals surface area contributed by atoms with Gasteiger partial charge in [0.2, 0.25) is 11.0 Å². The molecule has 6 aromatic rings. The van der Waals surface area contributed by atoms with Gasteiger partial charge in [0.1, 0.15) is 0 Å². The molecular weight excluding hydrogens is 444 g/mol. The summed E-state index contributed by atoms with van der Waals surface area (Å²) < 4.78 is 2.28. The first-order chi connectivity index (χ1) is 16.0. The minimum atomic E-state index is 0. The Kier molecular flexibility index (Phi) is 5.03. The molecule has 2 aromatic heterocycles. The van der Waals surface area contributed by atoms with Crippen LogP contribution >= 0.6 is 0 Å². The first kappa shape index (κ1) is 21.6. The molecule has 0 saturated carbocycles. The van der Waals surface area contributed by atoms with Gasteiger partial charge in [0.05, 0.1) is 11.0 Å². The van der Waals surface area contributed by atoms with Crippen molar-refractivity contribution in [1.29, 1.82) is 0 Å². The van der Waals surface area contributed by atoms with Crippen LogP contribution in [-0.4, -0.2) is 4.98 Å². The van der Waals surface area contributed by atoms with Crippen molar-refractivity contribution in [2.24, 2.45) is 0 Å². The van der Waals surface area contributed by atoms with Crippen molar-refractivity contribution in [2.45, 2.75) is 6.54 Å². The Morgan fingerprint density at radius 3 is 1.50 bits per heavy atom. The second-order valence-electron chi connectivity index (χ2n) is 8.51. The Balaban J connectivity index is 0.00000241. The van der Waals surface area contributed by atoms with Crippen LogP contribution in [0.4, 0.5) is 22.7 Å². The summed E-state index contributed by atoms with van der Waals surface area (Å²) in [5, 5.41) is 4.31. The summed E-state index contributed by atoms with van der Waals surface area (Å²) in [6.45, 7) is 0.601. The smallest absolute Gasteiger partial charge is 0.215 e. The molecular formula is C27H23ClN6. The van der Waals surface area contributed by atoms with Gasteiger partial charge in [-0.25, -0.2) is 4.98 Å². The Morgan fingerprint density at radius 1 is 0.559 bits per heavy atom. The highest BCUT2D eigenvalue weighted by Crippen LogP contribution is 2.30. The maximum absolute atomic E-state index is 6.20. The molecule has 0 spiro atoms. The van der Waals surface area contributed by atoms with Crippen molar-refractivity contribution >= 4 is 66.4 Å². The highest BCUT2D eigenvalue weighted by Gasteiger charge is 2.20. The van der Waals surface area contributed by atoms with E-state index in [-0.39, 0.29) is 12.4 Å². The summed E-state index contributed by atoms with van der Waals surface area (Å²) in [5.41, 5.74) is 32.2. The van der Waals surface area contributed by atoms with Crippen molar-refractivity contribution in [3.63, 3.8) is 0 Å². The average molecular weight is 467 g/mol. The minimum Gasteiger partial charge on any atom is -1.00 e. The monoisotopic (exact) mass is 466 g/mol. The molecule has 0 aliphatic rings. The Labute approximate surface area is 202 Å². The molecule has 7 heteroatoms. The van der Waals surface area contributed by atoms with Crippen molar-refractivity contribution in [1.82, 2.24) is 4.98 Å². The zero-order valence-electron chi connectivity index (χ0n) is 18.3. The zero-order chi connectivity index (χ0) is 22.7. The first-order valence-electron chi connectivity index (χ1n) is 10.7. The lowest BCUT2D eigenvalue weighted by atomic mass is 10.0. The van der Waals surface area contributed by atoms with E-state index < -0.39 is 0 Å². The number of hydrogen-bond acceptors (Lipinski definition) is 5. The number of fused-ring (bicyclic) bond motifs is 4. The van der Waals surface area contributed by atoms with Crippen molar-refractivity contribution < 1.29 is 17.0 Å². The van der Waals surface area contributed by atoms with Crippen LogP contribution in [0.5, 0.6) is 0 Å². The molecule has 8 N–H and O–H groups in total. The Hall–Kier alpha value is -4.29. The summed E-state index contributed by atoms with van der Waals surface area (Å²) in [6.07, 6.45) is 0. The normalized spacial score (nSPS) is 11.3. The summed E-state index contributed by atoms with van der Waals surface area (Å²) >= 11 is 0. The molecule has 0 fully saturated rings. The second kappa shape index (κ2) is 7.93. The van der Waals surface area contributed by atoms with Gasteiger partial charge >= 0.3 is 0 Å². The van der Waals surface area contributed by atoms with Gasteiger partial charge in [-0.05, 0) is 54.6 Å². The number of benzene rings is 4. The number of aromatic nitrogens is 2. The lowest BCUT2D eigenvalue weighted by Gasteiger charge is -2.12. The molecule has 34 heavy (non-hydrogen) atoms. The Morgan fingerprint density at radius 2 is 1.00 bits per heavy atom. The minimum absolute atomic E-state index is 0. The number of hydrogen-bond donors (Lipinski definition) is 4. The number of nitrogens with zero attached hydrogens (tertiary/aromatic N) is 2. The van der Waals surface area contributed by atoms with Gasteiger partial charge in [0, 0.05) is 62.0 Å². The summed E-state index contributed by atoms with van der Waals surface area (Å²) in [6, 6.07) is 25.9. The topological polar surface area (TPSA) is 121 Å². The van der Waals surface area contributed by atoms with Crippen LogP contribution in [0.25, 0.3) is 43.6 Å². The lowest BCUT2D eigenvalue weighted by molar-refractivity contribution is -0.635. The van der Waals surface area contributed by atoms with Gasteiger partial charge in [0.15, 0.2) is 6.54 Å². The average Bonchev–Trinajstić information content (AvgIpc) is 2.78. The third-order valence-electron chi connectivity index (χ3n) is 6.25. The molecule has 0 atom stereocenters. The molecule has 0 unspecified atom stereocenters. The SMILES string of the molecule is Nc1ccc2c(C[n+]3c4cc(N)ccc4cc4ccc(N)cc43)c3ccc(N)cc3nc2c1.[Cl-]. The molecule has 0 bridgehead atoms. The molecule has 0 saturated heterocycles. The fourth-order valence-electron chi connectivity index (χ4n) is 4.70. The van der Waals surface area contributed by atoms with Crippen molar-refractivity contribution in [3.05, 3.63) is 84.4 Å². The van der Waals surface area contributed by atoms with E-state index in [0.717, 1.165) is 49.2 Å². The molecule has 2 heterocycles. The third-order valence-corrected chi connectivity index (χ3v) is 6.25. The van der Waals surface area contributed by atoms with E-state index in [0.29, 0.717) is 29.3 Å². The number of nitrogen functional groups attached to an aromatic ring is 4. The van der Waals surface area contributed by atoms with Gasteiger partial charge in [-0.2, -0.15) is 4.57 Å². The predicted octanol–water partition coefficient (Wildman–Crippen LogP) is 1.36. The fourth-order valence-corrected chi connectivity index (χ4v) is 4.70. The molecule has 0 amide bonds. The van der Waals surface area contributed by atoms with Gasteiger partial charge in [0.25, 0.3) is 0 Å². The van der Waals surface area contributed by atoms with Gasteiger partial charge in [-0.3, -0.25) is 0 Å². The van der Waals surface area contributed by atoms with Crippen LogP contribution in [0.3, 0.4) is 0 Å². The molecule has 0 aliphatic carbocycles. The van der Waals surface area contributed by atoms with Crippen molar-refractivity contribution in [3.8, 4) is 0 Å².